The minimum absolute atomic E-state index is 0.0541. The summed E-state index contributed by atoms with van der Waals surface area (Å²) in [4.78, 5) is 27.6. The molecule has 0 aliphatic carbocycles. The Labute approximate surface area is 184 Å². The molecule has 1 aliphatic rings. The van der Waals surface area contributed by atoms with Gasteiger partial charge in [0.25, 0.3) is 11.7 Å². The van der Waals surface area contributed by atoms with Crippen LogP contribution in [0.4, 0.5) is 10.1 Å². The Balaban J connectivity index is 1.98. The van der Waals surface area contributed by atoms with Gasteiger partial charge >= 0.3 is 0 Å². The number of aliphatic hydroxyl groups excluding tert-OH is 1. The van der Waals surface area contributed by atoms with Crippen LogP contribution in [0, 0.1) is 19.7 Å². The number of anilines is 1. The zero-order valence-corrected chi connectivity index (χ0v) is 17.7. The molecule has 4 rings (SSSR count). The molecule has 3 aromatic rings. The van der Waals surface area contributed by atoms with Gasteiger partial charge in [0, 0.05) is 16.3 Å². The van der Waals surface area contributed by atoms with Gasteiger partial charge in [-0.25, -0.2) is 4.39 Å². The lowest BCUT2D eigenvalue weighted by molar-refractivity contribution is -0.132. The normalized spacial score (nSPS) is 17.9. The van der Waals surface area contributed by atoms with E-state index >= 15 is 0 Å². The van der Waals surface area contributed by atoms with Gasteiger partial charge in [-0.05, 0) is 60.9 Å². The van der Waals surface area contributed by atoms with Gasteiger partial charge < -0.3 is 5.11 Å². The third-order valence-electron chi connectivity index (χ3n) is 5.49. The van der Waals surface area contributed by atoms with Crippen LogP contribution in [0.5, 0.6) is 0 Å². The predicted molar refractivity (Wildman–Crippen MR) is 119 cm³/mol. The standard InChI is InChI=1S/C25H19ClFNO3/c1-14-13-17(11-12-19(14)27)23(29)21-22(16-7-4-3-5-8-16)28(25(31)24(21)30)20-10-6-9-18(26)15(20)2/h3-13,22,29H,1-2H3/b23-21+. The number of amides is 1. The molecule has 6 heteroatoms. The maximum absolute atomic E-state index is 13.7. The number of aryl methyl sites for hydroxylation is 1. The molecular formula is C25H19ClFNO3. The van der Waals surface area contributed by atoms with Crippen LogP contribution in [-0.2, 0) is 9.59 Å². The summed E-state index contributed by atoms with van der Waals surface area (Å²) in [6, 6.07) is 17.3. The topological polar surface area (TPSA) is 57.6 Å². The number of hydrogen-bond acceptors (Lipinski definition) is 3. The Bertz CT molecular complexity index is 1240. The zero-order valence-electron chi connectivity index (χ0n) is 16.9. The van der Waals surface area contributed by atoms with Crippen LogP contribution >= 0.6 is 11.6 Å². The fraction of sp³-hybridized carbons (Fsp3) is 0.120. The second-order valence-corrected chi connectivity index (χ2v) is 7.83. The minimum atomic E-state index is -0.858. The number of benzene rings is 3. The van der Waals surface area contributed by atoms with Crippen molar-refractivity contribution in [3.63, 3.8) is 0 Å². The highest BCUT2D eigenvalue weighted by molar-refractivity contribution is 6.52. The number of rotatable bonds is 3. The fourth-order valence-electron chi connectivity index (χ4n) is 3.84. The smallest absolute Gasteiger partial charge is 0.300 e. The quantitative estimate of drug-likeness (QED) is 0.325. The Morgan fingerprint density at radius 2 is 1.71 bits per heavy atom. The second kappa shape index (κ2) is 8.00. The van der Waals surface area contributed by atoms with Gasteiger partial charge in [-0.1, -0.05) is 48.0 Å². The van der Waals surface area contributed by atoms with Gasteiger partial charge in [-0.15, -0.1) is 0 Å². The molecule has 1 amide bonds. The van der Waals surface area contributed by atoms with Crippen molar-refractivity contribution in [2.75, 3.05) is 4.90 Å². The molecule has 31 heavy (non-hydrogen) atoms. The summed E-state index contributed by atoms with van der Waals surface area (Å²) >= 11 is 6.28. The number of carbonyl (C=O) groups excluding carboxylic acids is 2. The predicted octanol–water partition coefficient (Wildman–Crippen LogP) is 5.72. The van der Waals surface area contributed by atoms with E-state index in [0.717, 1.165) is 0 Å². The molecule has 3 aromatic carbocycles. The summed E-state index contributed by atoms with van der Waals surface area (Å²) in [6.07, 6.45) is 0. The fourth-order valence-corrected chi connectivity index (χ4v) is 4.01. The summed E-state index contributed by atoms with van der Waals surface area (Å²) in [5, 5.41) is 11.5. The first-order valence-corrected chi connectivity index (χ1v) is 10.1. The molecule has 156 valence electrons. The van der Waals surface area contributed by atoms with E-state index in [1.807, 2.05) is 6.07 Å². The SMILES string of the molecule is Cc1cc(/C(O)=C2\C(=O)C(=O)N(c3cccc(Cl)c3C)C2c2ccccc2)ccc1F. The molecular weight excluding hydrogens is 417 g/mol. The number of nitrogens with zero attached hydrogens (tertiary/aromatic N) is 1. The average Bonchev–Trinajstić information content (AvgIpc) is 3.03. The van der Waals surface area contributed by atoms with Gasteiger partial charge in [0.2, 0.25) is 0 Å². The van der Waals surface area contributed by atoms with E-state index in [4.69, 9.17) is 11.6 Å². The molecule has 0 spiro atoms. The van der Waals surface area contributed by atoms with Crippen LogP contribution in [0.3, 0.4) is 0 Å². The summed E-state index contributed by atoms with van der Waals surface area (Å²) in [7, 11) is 0. The van der Waals surface area contributed by atoms with Crippen LogP contribution in [0.2, 0.25) is 5.02 Å². The van der Waals surface area contributed by atoms with E-state index in [0.29, 0.717) is 27.4 Å². The summed E-state index contributed by atoms with van der Waals surface area (Å²) in [5.74, 6) is -2.35. The van der Waals surface area contributed by atoms with Crippen molar-refractivity contribution < 1.29 is 19.1 Å². The first-order valence-electron chi connectivity index (χ1n) is 9.69. The summed E-state index contributed by atoms with van der Waals surface area (Å²) in [5.41, 5.74) is 2.31. The number of aliphatic hydroxyl groups is 1. The van der Waals surface area contributed by atoms with E-state index < -0.39 is 23.5 Å². The van der Waals surface area contributed by atoms with E-state index in [1.54, 1.807) is 56.3 Å². The molecule has 1 aliphatic heterocycles. The monoisotopic (exact) mass is 435 g/mol. The van der Waals surface area contributed by atoms with Gasteiger partial charge in [0.15, 0.2) is 0 Å². The number of Topliss-reactive ketones (excluding diaryl/α,β-unsaturated/α-hetero) is 1. The highest BCUT2D eigenvalue weighted by Crippen LogP contribution is 2.43. The summed E-state index contributed by atoms with van der Waals surface area (Å²) < 4.78 is 13.7. The van der Waals surface area contributed by atoms with Crippen LogP contribution in [0.25, 0.3) is 5.76 Å². The number of carbonyl (C=O) groups is 2. The largest absolute Gasteiger partial charge is 0.507 e. The molecule has 0 radical (unpaired) electrons. The number of hydrogen-bond donors (Lipinski definition) is 1. The zero-order chi connectivity index (χ0) is 22.3. The molecule has 1 atom stereocenters. The molecule has 4 nitrogen and oxygen atoms in total. The van der Waals surface area contributed by atoms with Crippen molar-refractivity contribution in [3.8, 4) is 0 Å². The van der Waals surface area contributed by atoms with Crippen LogP contribution in [0.1, 0.15) is 28.3 Å². The number of halogens is 2. The lowest BCUT2D eigenvalue weighted by Crippen LogP contribution is -2.30. The van der Waals surface area contributed by atoms with Gasteiger partial charge in [-0.3, -0.25) is 14.5 Å². The Morgan fingerprint density at radius 1 is 1.00 bits per heavy atom. The van der Waals surface area contributed by atoms with E-state index in [9.17, 15) is 19.1 Å². The lowest BCUT2D eigenvalue weighted by atomic mass is 9.94. The van der Waals surface area contributed by atoms with Crippen LogP contribution < -0.4 is 4.90 Å². The molecule has 1 saturated heterocycles. The molecule has 0 aromatic heterocycles. The van der Waals surface area contributed by atoms with Crippen molar-refractivity contribution in [2.45, 2.75) is 19.9 Å². The molecule has 1 N–H and O–H groups in total. The van der Waals surface area contributed by atoms with Crippen LogP contribution in [0.15, 0.2) is 72.3 Å². The Kier molecular flexibility index (Phi) is 5.38. The highest BCUT2D eigenvalue weighted by Gasteiger charge is 2.47. The first kappa shape index (κ1) is 20.8. The minimum Gasteiger partial charge on any atom is -0.507 e. The molecule has 1 heterocycles. The van der Waals surface area contributed by atoms with E-state index in [2.05, 4.69) is 0 Å². The van der Waals surface area contributed by atoms with Crippen molar-refractivity contribution in [1.29, 1.82) is 0 Å². The molecule has 1 unspecified atom stereocenters. The third kappa shape index (κ3) is 3.51. The van der Waals surface area contributed by atoms with Crippen molar-refractivity contribution in [3.05, 3.63) is 105 Å². The van der Waals surface area contributed by atoms with Crippen molar-refractivity contribution in [2.24, 2.45) is 0 Å². The van der Waals surface area contributed by atoms with Gasteiger partial charge in [0.05, 0.1) is 11.6 Å². The molecule has 0 saturated carbocycles. The van der Waals surface area contributed by atoms with Crippen molar-refractivity contribution >= 4 is 34.7 Å². The van der Waals surface area contributed by atoms with Gasteiger partial charge in [0.1, 0.15) is 11.6 Å². The third-order valence-corrected chi connectivity index (χ3v) is 5.90. The van der Waals surface area contributed by atoms with E-state index in [1.165, 1.54) is 23.1 Å². The van der Waals surface area contributed by atoms with Crippen LogP contribution in [-0.4, -0.2) is 16.8 Å². The number of ketones is 1. The Hall–Kier alpha value is -3.44. The maximum atomic E-state index is 13.7. The van der Waals surface area contributed by atoms with Gasteiger partial charge in [-0.2, -0.15) is 0 Å². The lowest BCUT2D eigenvalue weighted by Gasteiger charge is -2.27. The first-order chi connectivity index (χ1) is 14.8. The maximum Gasteiger partial charge on any atom is 0.300 e. The summed E-state index contributed by atoms with van der Waals surface area (Å²) in [6.45, 7) is 3.33. The highest BCUT2D eigenvalue weighted by atomic mass is 35.5. The molecule has 1 fully saturated rings. The average molecular weight is 436 g/mol. The van der Waals surface area contributed by atoms with Crippen molar-refractivity contribution in [1.82, 2.24) is 0 Å². The van der Waals surface area contributed by atoms with E-state index in [-0.39, 0.29) is 16.9 Å². The Morgan fingerprint density at radius 3 is 2.39 bits per heavy atom. The molecule has 0 bridgehead atoms. The second-order valence-electron chi connectivity index (χ2n) is 7.43.